The molecule has 0 aromatic heterocycles. The number of azide groups is 2. The molecular weight excluding hydrogens is 200 g/mol. The molecule has 1 rings (SSSR count). The number of hydrogen-bond acceptors (Lipinski definition) is 3. The molecule has 0 aromatic rings. The van der Waals surface area contributed by atoms with Gasteiger partial charge in [-0.25, -0.2) is 0 Å². The second-order valence-electron chi connectivity index (χ2n) is 3.45. The highest BCUT2D eigenvalue weighted by molar-refractivity contribution is 5.70. The molecule has 0 spiro atoms. The van der Waals surface area contributed by atoms with Crippen molar-refractivity contribution in [2.75, 3.05) is 6.54 Å². The Balaban J connectivity index is 2.70. The molecule has 1 N–H and O–H groups in total. The van der Waals surface area contributed by atoms with Gasteiger partial charge in [-0.15, -0.1) is 0 Å². The first kappa shape index (κ1) is 11.2. The Morgan fingerprint density at radius 2 is 2.13 bits per heavy atom. The Bertz CT molecular complexity index is 343. The van der Waals surface area contributed by atoms with Crippen molar-refractivity contribution in [3.05, 3.63) is 20.9 Å². The maximum Gasteiger partial charge on any atom is 0.306 e. The van der Waals surface area contributed by atoms with Gasteiger partial charge in [0.2, 0.25) is 0 Å². The van der Waals surface area contributed by atoms with E-state index in [1.165, 1.54) is 0 Å². The molecule has 0 heterocycles. The van der Waals surface area contributed by atoms with Gasteiger partial charge >= 0.3 is 5.97 Å². The fraction of sp³-hybridized carbons (Fsp3) is 0.857. The van der Waals surface area contributed by atoms with Crippen LogP contribution in [0.2, 0.25) is 0 Å². The maximum absolute atomic E-state index is 10.7. The van der Waals surface area contributed by atoms with Crippen molar-refractivity contribution < 1.29 is 9.90 Å². The summed E-state index contributed by atoms with van der Waals surface area (Å²) in [7, 11) is 0. The fourth-order valence-electron chi connectivity index (χ4n) is 1.85. The van der Waals surface area contributed by atoms with E-state index < -0.39 is 11.9 Å². The predicted molar refractivity (Wildman–Crippen MR) is 50.8 cm³/mol. The second kappa shape index (κ2) is 5.09. The third kappa shape index (κ3) is 2.77. The van der Waals surface area contributed by atoms with Gasteiger partial charge < -0.3 is 5.11 Å². The van der Waals surface area contributed by atoms with Crippen LogP contribution in [0, 0.1) is 11.8 Å². The third-order valence-electron chi connectivity index (χ3n) is 2.59. The van der Waals surface area contributed by atoms with Gasteiger partial charge in [-0.2, -0.15) is 0 Å². The molecule has 0 bridgehead atoms. The van der Waals surface area contributed by atoms with E-state index in [2.05, 4.69) is 20.1 Å². The standard InChI is InChI=1S/C7H10N6O2/c8-12-10-3-5-1-4(7(14)15)2-6(5)11-13-9/h4-6H,1-3H2,(H,14,15)/t4-,5-,6+/m1/s1. The number of aliphatic carboxylic acids is 1. The molecule has 0 saturated heterocycles. The average molecular weight is 210 g/mol. The molecular formula is C7H10N6O2. The van der Waals surface area contributed by atoms with Crippen LogP contribution in [0.4, 0.5) is 0 Å². The number of hydrogen-bond donors (Lipinski definition) is 1. The Hall–Kier alpha value is -1.91. The molecule has 80 valence electrons. The van der Waals surface area contributed by atoms with E-state index >= 15 is 0 Å². The number of nitrogens with zero attached hydrogens (tertiary/aromatic N) is 6. The average Bonchev–Trinajstić information content (AvgIpc) is 2.59. The van der Waals surface area contributed by atoms with Gasteiger partial charge in [-0.05, 0) is 29.8 Å². The van der Waals surface area contributed by atoms with Crippen LogP contribution in [0.5, 0.6) is 0 Å². The molecule has 8 heteroatoms. The molecule has 0 unspecified atom stereocenters. The SMILES string of the molecule is [N-]=[N+]=NC[C@H]1C[C@@H](C(=O)O)C[C@@H]1N=[N+]=[N-]. The summed E-state index contributed by atoms with van der Waals surface area (Å²) in [5.74, 6) is -1.55. The Kier molecular flexibility index (Phi) is 3.79. The van der Waals surface area contributed by atoms with Crippen molar-refractivity contribution in [3.8, 4) is 0 Å². The molecule has 1 saturated carbocycles. The summed E-state index contributed by atoms with van der Waals surface area (Å²) in [5.41, 5.74) is 16.5. The number of rotatable bonds is 4. The zero-order valence-corrected chi connectivity index (χ0v) is 7.89. The summed E-state index contributed by atoms with van der Waals surface area (Å²) in [6.45, 7) is 0.184. The van der Waals surface area contributed by atoms with Gasteiger partial charge in [0.15, 0.2) is 0 Å². The zero-order chi connectivity index (χ0) is 11.3. The first-order valence-corrected chi connectivity index (χ1v) is 4.47. The van der Waals surface area contributed by atoms with Crippen LogP contribution in [0.1, 0.15) is 12.8 Å². The molecule has 0 aliphatic heterocycles. The Labute approximate surface area is 85.1 Å². The molecule has 1 aliphatic rings. The van der Waals surface area contributed by atoms with Crippen molar-refractivity contribution in [2.45, 2.75) is 18.9 Å². The monoisotopic (exact) mass is 210 g/mol. The highest BCUT2D eigenvalue weighted by Gasteiger charge is 2.36. The van der Waals surface area contributed by atoms with Crippen LogP contribution >= 0.6 is 0 Å². The number of carboxylic acid groups (broad SMARTS) is 1. The van der Waals surface area contributed by atoms with Crippen molar-refractivity contribution in [2.24, 2.45) is 22.1 Å². The smallest absolute Gasteiger partial charge is 0.306 e. The van der Waals surface area contributed by atoms with Gasteiger partial charge in [-0.1, -0.05) is 10.2 Å². The van der Waals surface area contributed by atoms with E-state index in [1.54, 1.807) is 0 Å². The zero-order valence-electron chi connectivity index (χ0n) is 7.89. The summed E-state index contributed by atoms with van der Waals surface area (Å²) in [6.07, 6.45) is 0.725. The lowest BCUT2D eigenvalue weighted by Crippen LogP contribution is -2.13. The highest BCUT2D eigenvalue weighted by Crippen LogP contribution is 2.34. The molecule has 1 fully saturated rings. The first-order chi connectivity index (χ1) is 7.19. The minimum atomic E-state index is -0.892. The minimum Gasteiger partial charge on any atom is -0.481 e. The quantitative estimate of drug-likeness (QED) is 0.431. The lowest BCUT2D eigenvalue weighted by atomic mass is 10.0. The molecule has 8 nitrogen and oxygen atoms in total. The van der Waals surface area contributed by atoms with Crippen LogP contribution < -0.4 is 0 Å². The topological polar surface area (TPSA) is 135 Å². The van der Waals surface area contributed by atoms with Gasteiger partial charge in [0.05, 0.1) is 5.92 Å². The van der Waals surface area contributed by atoms with Crippen LogP contribution in [-0.2, 0) is 4.79 Å². The number of carboxylic acids is 1. The summed E-state index contributed by atoms with van der Waals surface area (Å²) < 4.78 is 0. The van der Waals surface area contributed by atoms with E-state index in [-0.39, 0.29) is 18.5 Å². The Morgan fingerprint density at radius 1 is 1.40 bits per heavy atom. The maximum atomic E-state index is 10.7. The van der Waals surface area contributed by atoms with Crippen LogP contribution in [0.15, 0.2) is 10.2 Å². The number of carbonyl (C=O) groups is 1. The van der Waals surface area contributed by atoms with Crippen LogP contribution in [-0.4, -0.2) is 23.7 Å². The van der Waals surface area contributed by atoms with Crippen molar-refractivity contribution >= 4 is 5.97 Å². The first-order valence-electron chi connectivity index (χ1n) is 4.47. The van der Waals surface area contributed by atoms with Gasteiger partial charge in [-0.3, -0.25) is 4.79 Å². The highest BCUT2D eigenvalue weighted by atomic mass is 16.4. The van der Waals surface area contributed by atoms with Gasteiger partial charge in [0, 0.05) is 22.4 Å². The predicted octanol–water partition coefficient (Wildman–Crippen LogP) is 2.09. The van der Waals surface area contributed by atoms with E-state index in [4.69, 9.17) is 16.2 Å². The minimum absolute atomic E-state index is 0.155. The lowest BCUT2D eigenvalue weighted by molar-refractivity contribution is -0.141. The van der Waals surface area contributed by atoms with Crippen LogP contribution in [0.3, 0.4) is 0 Å². The molecule has 1 aliphatic carbocycles. The van der Waals surface area contributed by atoms with Gasteiger partial charge in [0.1, 0.15) is 0 Å². The van der Waals surface area contributed by atoms with Crippen molar-refractivity contribution in [1.82, 2.24) is 0 Å². The summed E-state index contributed by atoms with van der Waals surface area (Å²) in [6, 6.07) is -0.374. The van der Waals surface area contributed by atoms with E-state index in [1.807, 2.05) is 0 Å². The third-order valence-corrected chi connectivity index (χ3v) is 2.59. The van der Waals surface area contributed by atoms with Crippen molar-refractivity contribution in [3.63, 3.8) is 0 Å². The summed E-state index contributed by atoms with van der Waals surface area (Å²) in [4.78, 5) is 16.0. The fourth-order valence-corrected chi connectivity index (χ4v) is 1.85. The van der Waals surface area contributed by atoms with Crippen molar-refractivity contribution in [1.29, 1.82) is 0 Å². The second-order valence-corrected chi connectivity index (χ2v) is 3.45. The molecule has 0 radical (unpaired) electrons. The summed E-state index contributed by atoms with van der Waals surface area (Å²) >= 11 is 0. The summed E-state index contributed by atoms with van der Waals surface area (Å²) in [5, 5.41) is 15.7. The van der Waals surface area contributed by atoms with E-state index in [0.29, 0.717) is 12.8 Å². The molecule has 3 atom stereocenters. The molecule has 0 aromatic carbocycles. The lowest BCUT2D eigenvalue weighted by Gasteiger charge is -2.09. The van der Waals surface area contributed by atoms with E-state index in [0.717, 1.165) is 0 Å². The Morgan fingerprint density at radius 3 is 2.67 bits per heavy atom. The van der Waals surface area contributed by atoms with Crippen LogP contribution in [0.25, 0.3) is 20.9 Å². The van der Waals surface area contributed by atoms with Gasteiger partial charge in [0.25, 0.3) is 0 Å². The molecule has 15 heavy (non-hydrogen) atoms. The molecule has 0 amide bonds. The largest absolute Gasteiger partial charge is 0.481 e. The van der Waals surface area contributed by atoms with E-state index in [9.17, 15) is 4.79 Å². The normalized spacial score (nSPS) is 28.9.